The first-order valence-corrected chi connectivity index (χ1v) is 11.7. The summed E-state index contributed by atoms with van der Waals surface area (Å²) in [5, 5.41) is 35.5. The van der Waals surface area contributed by atoms with Crippen LogP contribution in [0, 0.1) is 11.8 Å². The molecule has 0 bridgehead atoms. The second-order valence-electron chi connectivity index (χ2n) is 10.3. The zero-order valence-corrected chi connectivity index (χ0v) is 20.1. The third-order valence-electron chi connectivity index (χ3n) is 5.56. The van der Waals surface area contributed by atoms with Gasteiger partial charge in [0.2, 0.25) is 5.91 Å². The lowest BCUT2D eigenvalue weighted by Crippen LogP contribution is -2.52. The number of carboxylic acid groups (broad SMARTS) is 1. The molecule has 0 aromatic heterocycles. The van der Waals surface area contributed by atoms with Crippen molar-refractivity contribution < 1.29 is 34.4 Å². The maximum Gasteiger partial charge on any atom is 0.408 e. The molecule has 9 heteroatoms. The largest absolute Gasteiger partial charge is 0.480 e. The van der Waals surface area contributed by atoms with E-state index in [4.69, 9.17) is 4.74 Å². The molecule has 0 unspecified atom stereocenters. The van der Waals surface area contributed by atoms with E-state index in [1.165, 1.54) is 6.42 Å². The third-order valence-corrected chi connectivity index (χ3v) is 5.56. The lowest BCUT2D eigenvalue weighted by Gasteiger charge is -2.33. The van der Waals surface area contributed by atoms with Crippen molar-refractivity contribution in [2.45, 2.75) is 116 Å². The van der Waals surface area contributed by atoms with Gasteiger partial charge in [-0.15, -0.1) is 0 Å². The molecule has 4 atom stereocenters. The minimum atomic E-state index is -1.47. The van der Waals surface area contributed by atoms with Gasteiger partial charge in [-0.2, -0.15) is 0 Å². The van der Waals surface area contributed by atoms with Gasteiger partial charge in [-0.25, -0.2) is 9.59 Å². The second-order valence-corrected chi connectivity index (χ2v) is 10.3. The molecule has 5 N–H and O–H groups in total. The lowest BCUT2D eigenvalue weighted by atomic mass is 9.82. The van der Waals surface area contributed by atoms with Crippen LogP contribution in [0.4, 0.5) is 4.79 Å². The highest BCUT2D eigenvalue weighted by atomic mass is 16.6. The van der Waals surface area contributed by atoms with E-state index in [2.05, 4.69) is 10.6 Å². The predicted molar refractivity (Wildman–Crippen MR) is 120 cm³/mol. The maximum absolute atomic E-state index is 12.7. The number of ether oxygens (including phenoxy) is 1. The van der Waals surface area contributed by atoms with Crippen LogP contribution >= 0.6 is 0 Å². The fourth-order valence-electron chi connectivity index (χ4n) is 4.06. The van der Waals surface area contributed by atoms with Gasteiger partial charge < -0.3 is 30.7 Å². The zero-order valence-electron chi connectivity index (χ0n) is 20.1. The molecule has 186 valence electrons. The summed E-state index contributed by atoms with van der Waals surface area (Å²) in [4.78, 5) is 36.2. The molecule has 32 heavy (non-hydrogen) atoms. The maximum atomic E-state index is 12.7. The fourth-order valence-corrected chi connectivity index (χ4v) is 4.06. The highest BCUT2D eigenvalue weighted by Crippen LogP contribution is 2.29. The summed E-state index contributed by atoms with van der Waals surface area (Å²) >= 11 is 0. The number of hydrogen-bond acceptors (Lipinski definition) is 6. The smallest absolute Gasteiger partial charge is 0.408 e. The van der Waals surface area contributed by atoms with Gasteiger partial charge >= 0.3 is 12.1 Å². The Morgan fingerprint density at radius 3 is 2.12 bits per heavy atom. The number of carboxylic acids is 1. The van der Waals surface area contributed by atoms with E-state index in [0.717, 1.165) is 25.7 Å². The third kappa shape index (κ3) is 11.1. The number of rotatable bonds is 11. The van der Waals surface area contributed by atoms with Crippen molar-refractivity contribution >= 4 is 18.0 Å². The predicted octanol–water partition coefficient (Wildman–Crippen LogP) is 2.58. The molecular formula is C23H42N2O7. The quantitative estimate of drug-likeness (QED) is 0.320. The number of aliphatic hydroxyl groups is 2. The molecule has 0 radical (unpaired) electrons. The van der Waals surface area contributed by atoms with Crippen molar-refractivity contribution in [3.8, 4) is 0 Å². The van der Waals surface area contributed by atoms with Gasteiger partial charge in [0.25, 0.3) is 0 Å². The van der Waals surface area contributed by atoms with Gasteiger partial charge in [-0.1, -0.05) is 46.0 Å². The van der Waals surface area contributed by atoms with E-state index >= 15 is 0 Å². The van der Waals surface area contributed by atoms with Crippen LogP contribution in [0.2, 0.25) is 0 Å². The lowest BCUT2D eigenvalue weighted by molar-refractivity contribution is -0.141. The summed E-state index contributed by atoms with van der Waals surface area (Å²) in [5.74, 6) is -1.49. The van der Waals surface area contributed by atoms with Crippen LogP contribution in [0.25, 0.3) is 0 Å². The van der Waals surface area contributed by atoms with Crippen molar-refractivity contribution in [1.29, 1.82) is 0 Å². The van der Waals surface area contributed by atoms with E-state index in [1.807, 2.05) is 13.8 Å². The molecule has 0 aromatic rings. The van der Waals surface area contributed by atoms with Crippen LogP contribution in [0.1, 0.15) is 86.0 Å². The Hall–Kier alpha value is -1.87. The molecule has 0 spiro atoms. The number of aliphatic hydroxyl groups excluding tert-OH is 2. The number of hydrogen-bond donors (Lipinski definition) is 5. The van der Waals surface area contributed by atoms with E-state index in [9.17, 15) is 29.7 Å². The summed E-state index contributed by atoms with van der Waals surface area (Å²) in [6, 6.07) is -2.17. The summed E-state index contributed by atoms with van der Waals surface area (Å²) < 4.78 is 5.07. The van der Waals surface area contributed by atoms with E-state index in [-0.39, 0.29) is 5.92 Å². The summed E-state index contributed by atoms with van der Waals surface area (Å²) in [6.07, 6.45) is 2.65. The highest BCUT2D eigenvalue weighted by Gasteiger charge is 2.33. The van der Waals surface area contributed by atoms with Gasteiger partial charge in [-0.3, -0.25) is 4.79 Å². The molecule has 1 fully saturated rings. The molecular weight excluding hydrogens is 416 g/mol. The summed E-state index contributed by atoms with van der Waals surface area (Å²) in [6.45, 7) is 8.81. The molecule has 2 amide bonds. The standard InChI is InChI=1S/C23H42N2O7/c1-14(2)11-18(26)20(28)16(12-15-9-7-6-8-10-15)24-19(27)13-17(21(29)30)25-22(31)32-23(3,4)5/h14-18,20,26,28H,6-13H2,1-5H3,(H,24,27)(H,25,31)(H,29,30)/t16-,17+,18-,20+/m0/s1. The number of amides is 2. The SMILES string of the molecule is CC(C)C[C@H](O)[C@H](O)[C@H](CC1CCCCC1)NC(=O)C[C@@H](NC(=O)OC(C)(C)C)C(=O)O. The topological polar surface area (TPSA) is 145 Å². The number of carbonyl (C=O) groups is 3. The Bertz CT molecular complexity index is 612. The molecule has 1 saturated carbocycles. The van der Waals surface area contributed by atoms with Crippen LogP contribution in [-0.4, -0.2) is 63.2 Å². The molecule has 0 heterocycles. The first-order valence-electron chi connectivity index (χ1n) is 11.7. The molecule has 9 nitrogen and oxygen atoms in total. The van der Waals surface area contributed by atoms with Crippen molar-refractivity contribution in [3.05, 3.63) is 0 Å². The Balaban J connectivity index is 2.82. The van der Waals surface area contributed by atoms with Crippen LogP contribution in [0.5, 0.6) is 0 Å². The zero-order chi connectivity index (χ0) is 24.5. The fraction of sp³-hybridized carbons (Fsp3) is 0.870. The van der Waals surface area contributed by atoms with Crippen LogP contribution < -0.4 is 10.6 Å². The number of aliphatic carboxylic acids is 1. The van der Waals surface area contributed by atoms with Crippen molar-refractivity contribution in [1.82, 2.24) is 10.6 Å². The minimum Gasteiger partial charge on any atom is -0.480 e. The number of alkyl carbamates (subject to hydrolysis) is 1. The molecule has 1 aliphatic carbocycles. The summed E-state index contributed by atoms with van der Waals surface area (Å²) in [7, 11) is 0. The normalized spacial score (nSPS) is 19.0. The molecule has 1 rings (SSSR count). The highest BCUT2D eigenvalue weighted by molar-refractivity contribution is 5.87. The number of nitrogens with one attached hydrogen (secondary N) is 2. The Morgan fingerprint density at radius 2 is 1.62 bits per heavy atom. The molecule has 1 aliphatic rings. The number of carbonyl (C=O) groups excluding carboxylic acids is 2. The van der Waals surface area contributed by atoms with Crippen molar-refractivity contribution in [3.63, 3.8) is 0 Å². The Morgan fingerprint density at radius 1 is 1.03 bits per heavy atom. The van der Waals surface area contributed by atoms with Crippen LogP contribution in [-0.2, 0) is 14.3 Å². The van der Waals surface area contributed by atoms with Gasteiger partial charge in [-0.05, 0) is 45.4 Å². The molecule has 0 aliphatic heterocycles. The second kappa shape index (κ2) is 13.0. The first kappa shape index (κ1) is 28.2. The van der Waals surface area contributed by atoms with Gasteiger partial charge in [0.1, 0.15) is 17.7 Å². The van der Waals surface area contributed by atoms with Crippen LogP contribution in [0.3, 0.4) is 0 Å². The van der Waals surface area contributed by atoms with E-state index < -0.39 is 54.3 Å². The van der Waals surface area contributed by atoms with E-state index in [0.29, 0.717) is 18.8 Å². The first-order chi connectivity index (χ1) is 14.8. The average Bonchev–Trinajstić information content (AvgIpc) is 2.65. The summed E-state index contributed by atoms with van der Waals surface area (Å²) in [5.41, 5.74) is -0.808. The Kier molecular flexibility index (Phi) is 11.4. The van der Waals surface area contributed by atoms with Gasteiger partial charge in [0.05, 0.1) is 18.6 Å². The van der Waals surface area contributed by atoms with Crippen molar-refractivity contribution in [2.24, 2.45) is 11.8 Å². The van der Waals surface area contributed by atoms with Gasteiger partial charge in [0, 0.05) is 0 Å². The Labute approximate surface area is 191 Å². The van der Waals surface area contributed by atoms with Crippen LogP contribution in [0.15, 0.2) is 0 Å². The molecule has 0 saturated heterocycles. The monoisotopic (exact) mass is 458 g/mol. The van der Waals surface area contributed by atoms with Crippen molar-refractivity contribution in [2.75, 3.05) is 0 Å². The average molecular weight is 459 g/mol. The minimum absolute atomic E-state index is 0.167. The molecule has 0 aromatic carbocycles. The van der Waals surface area contributed by atoms with E-state index in [1.54, 1.807) is 20.8 Å². The van der Waals surface area contributed by atoms with Gasteiger partial charge in [0.15, 0.2) is 0 Å².